The Hall–Kier alpha value is -5.06. The summed E-state index contributed by atoms with van der Waals surface area (Å²) < 4.78 is 46.4. The quantitative estimate of drug-likeness (QED) is 0.104. The Bertz CT molecular complexity index is 1680. The van der Waals surface area contributed by atoms with Crippen LogP contribution in [-0.4, -0.2) is 67.6 Å². The van der Waals surface area contributed by atoms with Gasteiger partial charge in [-0.1, -0.05) is 48.5 Å². The van der Waals surface area contributed by atoms with E-state index in [4.69, 9.17) is 37.9 Å². The van der Waals surface area contributed by atoms with Crippen molar-refractivity contribution in [1.82, 2.24) is 0 Å². The lowest BCUT2D eigenvalue weighted by molar-refractivity contribution is -0.158. The maximum absolute atomic E-state index is 11.9. The molecule has 0 spiro atoms. The smallest absolute Gasteiger partial charge is 0.344 e. The van der Waals surface area contributed by atoms with Crippen LogP contribution in [0.5, 0.6) is 23.0 Å². The van der Waals surface area contributed by atoms with Crippen molar-refractivity contribution >= 4 is 11.9 Å². The van der Waals surface area contributed by atoms with E-state index in [1.54, 1.807) is 0 Å². The Kier molecular flexibility index (Phi) is 13.5. The largest absolute Gasteiger partial charge is 0.491 e. The molecule has 0 bridgehead atoms. The van der Waals surface area contributed by atoms with Crippen LogP contribution in [-0.2, 0) is 41.4 Å². The van der Waals surface area contributed by atoms with Crippen molar-refractivity contribution in [2.24, 2.45) is 0 Å². The third kappa shape index (κ3) is 14.3. The van der Waals surface area contributed by atoms with Crippen molar-refractivity contribution in [3.63, 3.8) is 0 Å². The van der Waals surface area contributed by atoms with Gasteiger partial charge in [-0.25, -0.2) is 9.59 Å². The van der Waals surface area contributed by atoms with Gasteiger partial charge in [-0.15, -0.1) is 0 Å². The van der Waals surface area contributed by atoms with Crippen molar-refractivity contribution in [2.75, 3.05) is 26.4 Å². The zero-order valence-electron chi connectivity index (χ0n) is 33.2. The van der Waals surface area contributed by atoms with E-state index in [0.717, 1.165) is 46.6 Å². The highest BCUT2D eigenvalue weighted by Crippen LogP contribution is 2.30. The highest BCUT2D eigenvalue weighted by Gasteiger charge is 2.42. The molecule has 0 amide bonds. The molecule has 10 nitrogen and oxygen atoms in total. The minimum Gasteiger partial charge on any atom is -0.491 e. The molecule has 2 atom stereocenters. The van der Waals surface area contributed by atoms with Crippen molar-refractivity contribution < 1.29 is 47.5 Å². The SMILES string of the molecule is CC(C)(C)OC(=O)COc1ccc(Cc2ccc(OC[C@@H]3OC(C)(C)O[C@H]3COc3ccc(Cc4ccc(OCC(=O)OC(C)(C)C)cc4)cc3)cc2)cc1. The first-order valence-corrected chi connectivity index (χ1v) is 18.6. The van der Waals surface area contributed by atoms with Crippen LogP contribution < -0.4 is 18.9 Å². The Morgan fingerprint density at radius 1 is 0.491 bits per heavy atom. The van der Waals surface area contributed by atoms with Crippen molar-refractivity contribution in [3.05, 3.63) is 119 Å². The minimum atomic E-state index is -0.761. The second-order valence-corrected chi connectivity index (χ2v) is 16.0. The predicted octanol–water partition coefficient (Wildman–Crippen LogP) is 8.29. The van der Waals surface area contributed by atoms with Gasteiger partial charge in [-0.3, -0.25) is 0 Å². The van der Waals surface area contributed by atoms with E-state index >= 15 is 0 Å². The molecule has 0 aliphatic carbocycles. The molecular weight excluding hydrogens is 700 g/mol. The Balaban J connectivity index is 1.04. The van der Waals surface area contributed by atoms with Gasteiger partial charge in [0.15, 0.2) is 19.0 Å². The number of hydrogen-bond acceptors (Lipinski definition) is 10. The summed E-state index contributed by atoms with van der Waals surface area (Å²) in [6, 6.07) is 31.4. The maximum Gasteiger partial charge on any atom is 0.344 e. The lowest BCUT2D eigenvalue weighted by Gasteiger charge is -2.19. The van der Waals surface area contributed by atoms with Crippen LogP contribution in [0.3, 0.4) is 0 Å². The monoisotopic (exact) mass is 754 g/mol. The molecule has 0 aromatic heterocycles. The average Bonchev–Trinajstić information content (AvgIpc) is 3.42. The van der Waals surface area contributed by atoms with E-state index in [-0.39, 0.29) is 25.4 Å². The van der Waals surface area contributed by atoms with Gasteiger partial charge in [0.25, 0.3) is 0 Å². The molecule has 1 aliphatic heterocycles. The van der Waals surface area contributed by atoms with Crippen molar-refractivity contribution in [1.29, 1.82) is 0 Å². The second kappa shape index (κ2) is 18.0. The van der Waals surface area contributed by atoms with Crippen molar-refractivity contribution in [2.45, 2.75) is 97.4 Å². The van der Waals surface area contributed by atoms with Crippen LogP contribution in [0.2, 0.25) is 0 Å². The summed E-state index contributed by atoms with van der Waals surface area (Å²) in [4.78, 5) is 23.9. The zero-order chi connectivity index (χ0) is 39.6. The van der Waals surface area contributed by atoms with Gasteiger partial charge >= 0.3 is 11.9 Å². The zero-order valence-corrected chi connectivity index (χ0v) is 33.2. The first-order valence-electron chi connectivity index (χ1n) is 18.6. The minimum absolute atomic E-state index is 0.132. The van der Waals surface area contributed by atoms with Crippen LogP contribution in [0, 0.1) is 0 Å². The summed E-state index contributed by atoms with van der Waals surface area (Å²) in [5.74, 6) is 1.14. The summed E-state index contributed by atoms with van der Waals surface area (Å²) in [7, 11) is 0. The van der Waals surface area contributed by atoms with Gasteiger partial charge in [-0.2, -0.15) is 0 Å². The van der Waals surface area contributed by atoms with Crippen LogP contribution in [0.4, 0.5) is 0 Å². The molecule has 4 aromatic carbocycles. The normalized spacial score (nSPS) is 16.6. The summed E-state index contributed by atoms with van der Waals surface area (Å²) in [5.41, 5.74) is 3.41. The molecule has 1 heterocycles. The fourth-order valence-electron chi connectivity index (χ4n) is 5.86. The van der Waals surface area contributed by atoms with E-state index in [2.05, 4.69) is 0 Å². The topological polar surface area (TPSA) is 108 Å². The van der Waals surface area contributed by atoms with E-state index < -0.39 is 28.9 Å². The molecule has 4 aromatic rings. The second-order valence-electron chi connectivity index (χ2n) is 16.0. The molecule has 0 N–H and O–H groups in total. The number of hydrogen-bond donors (Lipinski definition) is 0. The molecule has 0 unspecified atom stereocenters. The first kappa shape index (κ1) is 41.1. The van der Waals surface area contributed by atoms with Crippen LogP contribution in [0.1, 0.15) is 77.6 Å². The van der Waals surface area contributed by atoms with Crippen molar-refractivity contribution in [3.8, 4) is 23.0 Å². The number of ether oxygens (including phenoxy) is 8. The number of carbonyl (C=O) groups is 2. The summed E-state index contributed by atoms with van der Waals surface area (Å²) >= 11 is 0. The Morgan fingerprint density at radius 2 is 0.764 bits per heavy atom. The molecule has 294 valence electrons. The Labute approximate surface area is 324 Å². The van der Waals surface area contributed by atoms with E-state index in [1.165, 1.54) is 0 Å². The van der Waals surface area contributed by atoms with Crippen LogP contribution in [0.25, 0.3) is 0 Å². The summed E-state index contributed by atoms with van der Waals surface area (Å²) in [6.07, 6.45) is 0.839. The van der Waals surface area contributed by atoms with Gasteiger partial charge in [0.05, 0.1) is 0 Å². The average molecular weight is 755 g/mol. The van der Waals surface area contributed by atoms with Gasteiger partial charge < -0.3 is 37.9 Å². The predicted molar refractivity (Wildman–Crippen MR) is 209 cm³/mol. The third-order valence-electron chi connectivity index (χ3n) is 8.18. The highest BCUT2D eigenvalue weighted by atomic mass is 16.8. The van der Waals surface area contributed by atoms with E-state index in [0.29, 0.717) is 24.7 Å². The molecule has 0 saturated carbocycles. The van der Waals surface area contributed by atoms with Gasteiger partial charge in [0.2, 0.25) is 0 Å². The number of benzene rings is 4. The highest BCUT2D eigenvalue weighted by molar-refractivity contribution is 5.72. The van der Waals surface area contributed by atoms with Crippen LogP contribution >= 0.6 is 0 Å². The van der Waals surface area contributed by atoms with Crippen LogP contribution in [0.15, 0.2) is 97.1 Å². The number of carbonyl (C=O) groups excluding carboxylic acids is 2. The maximum atomic E-state index is 11.9. The third-order valence-corrected chi connectivity index (χ3v) is 8.18. The summed E-state index contributed by atoms with van der Waals surface area (Å²) in [5, 5.41) is 0. The molecule has 55 heavy (non-hydrogen) atoms. The summed E-state index contributed by atoms with van der Waals surface area (Å²) in [6.45, 7) is 15.1. The molecule has 10 heteroatoms. The van der Waals surface area contributed by atoms with Gasteiger partial charge in [0.1, 0.15) is 59.6 Å². The molecule has 1 aliphatic rings. The number of esters is 2. The molecule has 0 radical (unpaired) electrons. The van der Waals surface area contributed by atoms with Gasteiger partial charge in [0, 0.05) is 0 Å². The Morgan fingerprint density at radius 3 is 1.04 bits per heavy atom. The van der Waals surface area contributed by atoms with Gasteiger partial charge in [-0.05, 0) is 139 Å². The molecular formula is C45H54O10. The fourth-order valence-corrected chi connectivity index (χ4v) is 5.86. The lowest BCUT2D eigenvalue weighted by Crippen LogP contribution is -2.33. The fraction of sp³-hybridized carbons (Fsp3) is 0.422. The lowest BCUT2D eigenvalue weighted by atomic mass is 10.0. The molecule has 5 rings (SSSR count). The van der Waals surface area contributed by atoms with E-state index in [9.17, 15) is 9.59 Å². The van der Waals surface area contributed by atoms with E-state index in [1.807, 2.05) is 152 Å². The molecule has 1 fully saturated rings. The standard InChI is InChI=1S/C45H54O10/c1-43(2,3)54-41(46)29-50-37-21-13-33(14-22-37)25-31-9-17-35(18-10-31)48-27-39-40(53-45(7,8)52-39)28-49-36-19-11-32(12-20-36)26-34-15-23-38(24-16-34)51-30-42(47)55-44(4,5)6/h9-24,39-40H,25-30H2,1-8H3/t39-,40-/m0/s1. The first-order chi connectivity index (χ1) is 26.0. The molecule has 1 saturated heterocycles. The number of rotatable bonds is 16.